The number of rotatable bonds is 3. The van der Waals surface area contributed by atoms with E-state index in [1.54, 1.807) is 7.05 Å². The Kier molecular flexibility index (Phi) is 3.96. The quantitative estimate of drug-likeness (QED) is 0.759. The lowest BCUT2D eigenvalue weighted by atomic mass is 10.2. The molecule has 0 radical (unpaired) electrons. The second kappa shape index (κ2) is 5.16. The topological polar surface area (TPSA) is 64.4 Å². The molecule has 102 valence electrons. The van der Waals surface area contributed by atoms with E-state index in [1.807, 2.05) is 6.92 Å². The molecule has 2 unspecified atom stereocenters. The summed E-state index contributed by atoms with van der Waals surface area (Å²) in [7, 11) is -1.94. The molecule has 0 spiro atoms. The summed E-state index contributed by atoms with van der Waals surface area (Å²) in [5, 5.41) is 4.08. The van der Waals surface area contributed by atoms with Crippen LogP contribution in [0.5, 0.6) is 0 Å². The van der Waals surface area contributed by atoms with Crippen LogP contribution in [-0.2, 0) is 21.8 Å². The van der Waals surface area contributed by atoms with Crippen LogP contribution in [-0.4, -0.2) is 53.7 Å². The van der Waals surface area contributed by atoms with Crippen molar-refractivity contribution in [3.63, 3.8) is 0 Å². The molecule has 0 aliphatic carbocycles. The second-order valence-corrected chi connectivity index (χ2v) is 6.47. The number of hydrogen-bond donors (Lipinski definition) is 0. The Morgan fingerprint density at radius 2 is 2.33 bits per heavy atom. The summed E-state index contributed by atoms with van der Waals surface area (Å²) in [6, 6.07) is 1.29. The monoisotopic (exact) mass is 293 g/mol. The van der Waals surface area contributed by atoms with Crippen molar-refractivity contribution < 1.29 is 13.2 Å². The Morgan fingerprint density at radius 3 is 2.89 bits per heavy atom. The molecule has 1 saturated heterocycles. The molecule has 0 aromatic carbocycles. The van der Waals surface area contributed by atoms with E-state index in [0.717, 1.165) is 0 Å². The fourth-order valence-electron chi connectivity index (χ4n) is 1.96. The van der Waals surface area contributed by atoms with Gasteiger partial charge in [0.05, 0.1) is 18.9 Å². The maximum atomic E-state index is 12.5. The molecule has 8 heteroatoms. The van der Waals surface area contributed by atoms with Gasteiger partial charge in [-0.25, -0.2) is 8.42 Å². The number of sulfonamides is 1. The number of aryl methyl sites for hydroxylation is 1. The SMILES string of the molecule is CC1COC(CCl)CN1S(=O)(=O)c1ccnn1C. The van der Waals surface area contributed by atoms with Crippen LogP contribution in [0.15, 0.2) is 17.3 Å². The van der Waals surface area contributed by atoms with E-state index in [4.69, 9.17) is 16.3 Å². The third kappa shape index (κ3) is 2.40. The molecule has 2 atom stereocenters. The standard InChI is InChI=1S/C10H16ClN3O3S/c1-8-7-17-9(5-11)6-14(8)18(15,16)10-3-4-12-13(10)2/h3-4,8-9H,5-7H2,1-2H3. The van der Waals surface area contributed by atoms with Crippen LogP contribution < -0.4 is 0 Å². The molecule has 1 aromatic heterocycles. The molecule has 0 bridgehead atoms. The summed E-state index contributed by atoms with van der Waals surface area (Å²) in [4.78, 5) is 0. The first kappa shape index (κ1) is 13.8. The lowest BCUT2D eigenvalue weighted by Crippen LogP contribution is -2.51. The number of aromatic nitrogens is 2. The third-order valence-electron chi connectivity index (χ3n) is 2.97. The first-order valence-corrected chi connectivity index (χ1v) is 7.61. The normalized spacial score (nSPS) is 26.4. The minimum absolute atomic E-state index is 0.185. The largest absolute Gasteiger partial charge is 0.374 e. The van der Waals surface area contributed by atoms with Gasteiger partial charge in [0.2, 0.25) is 0 Å². The molecule has 1 aliphatic heterocycles. The molecule has 1 aromatic rings. The smallest absolute Gasteiger partial charge is 0.260 e. The van der Waals surface area contributed by atoms with Crippen LogP contribution in [0.4, 0.5) is 0 Å². The van der Waals surface area contributed by atoms with E-state index in [-0.39, 0.29) is 29.6 Å². The molecule has 0 N–H and O–H groups in total. The highest BCUT2D eigenvalue weighted by Gasteiger charge is 2.36. The van der Waals surface area contributed by atoms with Crippen LogP contribution in [0.25, 0.3) is 0 Å². The average molecular weight is 294 g/mol. The Bertz CT molecular complexity index is 516. The average Bonchev–Trinajstić information content (AvgIpc) is 2.76. The lowest BCUT2D eigenvalue weighted by Gasteiger charge is -2.36. The van der Waals surface area contributed by atoms with Crippen LogP contribution in [0, 0.1) is 0 Å². The third-order valence-corrected chi connectivity index (χ3v) is 5.37. The van der Waals surface area contributed by atoms with E-state index >= 15 is 0 Å². The Hall–Kier alpha value is -0.630. The van der Waals surface area contributed by atoms with Gasteiger partial charge in [-0.3, -0.25) is 4.68 Å². The van der Waals surface area contributed by atoms with Crippen molar-refractivity contribution in [3.8, 4) is 0 Å². The van der Waals surface area contributed by atoms with Crippen molar-refractivity contribution >= 4 is 21.6 Å². The minimum atomic E-state index is -3.55. The fraction of sp³-hybridized carbons (Fsp3) is 0.700. The molecular weight excluding hydrogens is 278 g/mol. The van der Waals surface area contributed by atoms with E-state index < -0.39 is 10.0 Å². The van der Waals surface area contributed by atoms with E-state index in [0.29, 0.717) is 6.61 Å². The summed E-state index contributed by atoms with van der Waals surface area (Å²) in [5.74, 6) is 0.282. The fourth-order valence-corrected chi connectivity index (χ4v) is 3.89. The van der Waals surface area contributed by atoms with Crippen molar-refractivity contribution in [2.24, 2.45) is 7.05 Å². The molecule has 0 saturated carbocycles. The van der Waals surface area contributed by atoms with Crippen molar-refractivity contribution in [1.29, 1.82) is 0 Å². The summed E-state index contributed by atoms with van der Waals surface area (Å²) >= 11 is 5.74. The van der Waals surface area contributed by atoms with E-state index in [1.165, 1.54) is 21.3 Å². The predicted molar refractivity (Wildman–Crippen MR) is 67.0 cm³/mol. The van der Waals surface area contributed by atoms with Crippen LogP contribution in [0.3, 0.4) is 0 Å². The Morgan fingerprint density at radius 1 is 1.61 bits per heavy atom. The molecular formula is C10H16ClN3O3S. The van der Waals surface area contributed by atoms with Gasteiger partial charge >= 0.3 is 0 Å². The molecule has 6 nitrogen and oxygen atoms in total. The van der Waals surface area contributed by atoms with Gasteiger partial charge in [0, 0.05) is 25.5 Å². The van der Waals surface area contributed by atoms with Crippen LogP contribution in [0.2, 0.25) is 0 Å². The summed E-state index contributed by atoms with van der Waals surface area (Å²) in [6.45, 7) is 2.45. The van der Waals surface area contributed by atoms with Crippen molar-refractivity contribution in [2.45, 2.75) is 24.1 Å². The van der Waals surface area contributed by atoms with E-state index in [9.17, 15) is 8.42 Å². The molecule has 1 aliphatic rings. The summed E-state index contributed by atoms with van der Waals surface area (Å²) in [5.41, 5.74) is 0. The molecule has 1 fully saturated rings. The summed E-state index contributed by atoms with van der Waals surface area (Å²) < 4.78 is 33.3. The van der Waals surface area contributed by atoms with Crippen molar-refractivity contribution in [2.75, 3.05) is 19.0 Å². The van der Waals surface area contributed by atoms with Crippen LogP contribution in [0.1, 0.15) is 6.92 Å². The number of hydrogen-bond acceptors (Lipinski definition) is 4. The molecule has 2 rings (SSSR count). The van der Waals surface area contributed by atoms with Gasteiger partial charge in [0.1, 0.15) is 0 Å². The number of halogens is 1. The van der Waals surface area contributed by atoms with Crippen molar-refractivity contribution in [3.05, 3.63) is 12.3 Å². The van der Waals surface area contributed by atoms with Gasteiger partial charge < -0.3 is 4.74 Å². The molecule has 0 amide bonds. The van der Waals surface area contributed by atoms with Gasteiger partial charge in [0.15, 0.2) is 5.03 Å². The maximum Gasteiger partial charge on any atom is 0.260 e. The van der Waals surface area contributed by atoms with Gasteiger partial charge in [-0.15, -0.1) is 11.6 Å². The van der Waals surface area contributed by atoms with Crippen LogP contribution >= 0.6 is 11.6 Å². The lowest BCUT2D eigenvalue weighted by molar-refractivity contribution is -0.0153. The highest BCUT2D eigenvalue weighted by Crippen LogP contribution is 2.22. The van der Waals surface area contributed by atoms with Crippen molar-refractivity contribution in [1.82, 2.24) is 14.1 Å². The number of alkyl halides is 1. The first-order chi connectivity index (χ1) is 8.46. The van der Waals surface area contributed by atoms with Gasteiger partial charge in [-0.2, -0.15) is 9.40 Å². The van der Waals surface area contributed by atoms with Gasteiger partial charge in [-0.05, 0) is 13.0 Å². The maximum absolute atomic E-state index is 12.5. The highest BCUT2D eigenvalue weighted by atomic mass is 35.5. The zero-order chi connectivity index (χ0) is 13.3. The number of ether oxygens (including phenoxy) is 1. The number of morpholine rings is 1. The zero-order valence-electron chi connectivity index (χ0n) is 10.3. The minimum Gasteiger partial charge on any atom is -0.374 e. The second-order valence-electron chi connectivity index (χ2n) is 4.33. The molecule has 2 heterocycles. The Balaban J connectivity index is 2.31. The summed E-state index contributed by atoms with van der Waals surface area (Å²) in [6.07, 6.45) is 1.21. The van der Waals surface area contributed by atoms with Gasteiger partial charge in [-0.1, -0.05) is 0 Å². The number of nitrogens with zero attached hydrogens (tertiary/aromatic N) is 3. The highest BCUT2D eigenvalue weighted by molar-refractivity contribution is 7.89. The zero-order valence-corrected chi connectivity index (χ0v) is 11.9. The predicted octanol–water partition coefficient (Wildman–Crippen LogP) is 0.437. The first-order valence-electron chi connectivity index (χ1n) is 5.64. The Labute approximate surface area is 112 Å². The van der Waals surface area contributed by atoms with E-state index in [2.05, 4.69) is 5.10 Å². The molecule has 18 heavy (non-hydrogen) atoms. The van der Waals surface area contributed by atoms with Gasteiger partial charge in [0.25, 0.3) is 10.0 Å².